The summed E-state index contributed by atoms with van der Waals surface area (Å²) in [5.74, 6) is 0. The largest absolute Gasteiger partial charge is 0.298 e. The number of aldehydes is 1. The smallest absolute Gasteiger partial charge is 0.162 e. The molecule has 0 aromatic carbocycles. The molecule has 0 aliphatic rings. The van der Waals surface area contributed by atoms with Crippen molar-refractivity contribution in [1.29, 1.82) is 0 Å². The predicted molar refractivity (Wildman–Crippen MR) is 60.7 cm³/mol. The molecule has 0 radical (unpaired) electrons. The number of carbonyl (C=O) groups excluding carboxylic acids is 1. The predicted octanol–water partition coefficient (Wildman–Crippen LogP) is 3.33. The summed E-state index contributed by atoms with van der Waals surface area (Å²) in [6.45, 7) is 2.11. The summed E-state index contributed by atoms with van der Waals surface area (Å²) in [5.41, 5.74) is 1.08. The molecule has 1 aromatic rings. The number of unbranched alkanes of at least 4 members (excludes halogenated alkanes) is 2. The highest BCUT2D eigenvalue weighted by molar-refractivity contribution is 6.33. The van der Waals surface area contributed by atoms with Crippen molar-refractivity contribution in [3.05, 3.63) is 21.4 Å². The fourth-order valence-corrected chi connectivity index (χ4v) is 1.78. The standard InChI is InChI=1S/C10H12Cl2N2O/c1-2-3-4-5-7-8(6-15)10(12)14-13-9(7)11/h6H,2-5H2,1H3. The van der Waals surface area contributed by atoms with E-state index in [-0.39, 0.29) is 10.3 Å². The molecule has 0 saturated carbocycles. The van der Waals surface area contributed by atoms with Crippen LogP contribution in [0, 0.1) is 0 Å². The van der Waals surface area contributed by atoms with E-state index in [4.69, 9.17) is 23.2 Å². The lowest BCUT2D eigenvalue weighted by atomic mass is 10.1. The van der Waals surface area contributed by atoms with E-state index in [0.29, 0.717) is 17.4 Å². The van der Waals surface area contributed by atoms with Crippen LogP contribution in [0.3, 0.4) is 0 Å². The van der Waals surface area contributed by atoms with Gasteiger partial charge in [0.05, 0.1) is 5.56 Å². The third-order valence-electron chi connectivity index (χ3n) is 2.17. The normalized spacial score (nSPS) is 10.3. The number of carbonyl (C=O) groups is 1. The topological polar surface area (TPSA) is 42.9 Å². The van der Waals surface area contributed by atoms with Gasteiger partial charge in [0.15, 0.2) is 16.6 Å². The zero-order valence-electron chi connectivity index (χ0n) is 8.46. The van der Waals surface area contributed by atoms with Gasteiger partial charge in [-0.2, -0.15) is 0 Å². The molecule has 0 unspecified atom stereocenters. The quantitative estimate of drug-likeness (QED) is 0.592. The molecule has 0 spiro atoms. The minimum absolute atomic E-state index is 0.126. The van der Waals surface area contributed by atoms with Gasteiger partial charge in [0.2, 0.25) is 0 Å². The fourth-order valence-electron chi connectivity index (χ4n) is 1.35. The van der Waals surface area contributed by atoms with Crippen LogP contribution in [0.15, 0.2) is 0 Å². The Kier molecular flexibility index (Phi) is 4.99. The summed E-state index contributed by atoms with van der Waals surface area (Å²) >= 11 is 11.6. The first-order valence-corrected chi connectivity index (χ1v) is 5.62. The molecule has 0 amide bonds. The van der Waals surface area contributed by atoms with E-state index in [1.165, 1.54) is 0 Å². The van der Waals surface area contributed by atoms with Crippen molar-refractivity contribution in [2.24, 2.45) is 0 Å². The number of nitrogens with zero attached hydrogens (tertiary/aromatic N) is 2. The van der Waals surface area contributed by atoms with E-state index in [9.17, 15) is 4.79 Å². The van der Waals surface area contributed by atoms with Crippen molar-refractivity contribution < 1.29 is 4.79 Å². The zero-order valence-corrected chi connectivity index (χ0v) is 9.98. The average Bonchev–Trinajstić information content (AvgIpc) is 2.23. The molecular formula is C10H12Cl2N2O. The molecule has 1 rings (SSSR count). The first-order valence-electron chi connectivity index (χ1n) is 4.86. The Morgan fingerprint density at radius 2 is 1.87 bits per heavy atom. The van der Waals surface area contributed by atoms with Crippen molar-refractivity contribution in [2.75, 3.05) is 0 Å². The fraction of sp³-hybridized carbons (Fsp3) is 0.500. The van der Waals surface area contributed by atoms with Gasteiger partial charge in [-0.3, -0.25) is 4.79 Å². The third-order valence-corrected chi connectivity index (χ3v) is 2.75. The lowest BCUT2D eigenvalue weighted by Crippen LogP contribution is -2.00. The highest BCUT2D eigenvalue weighted by atomic mass is 35.5. The Bertz CT molecular complexity index is 356. The summed E-state index contributed by atoms with van der Waals surface area (Å²) in [4.78, 5) is 10.8. The van der Waals surface area contributed by atoms with Crippen molar-refractivity contribution in [3.63, 3.8) is 0 Å². The van der Waals surface area contributed by atoms with Crippen LogP contribution in [0.4, 0.5) is 0 Å². The number of aromatic nitrogens is 2. The van der Waals surface area contributed by atoms with Gasteiger partial charge in [-0.05, 0) is 12.8 Å². The molecule has 0 aliphatic heterocycles. The monoisotopic (exact) mass is 246 g/mol. The van der Waals surface area contributed by atoms with E-state index in [2.05, 4.69) is 17.1 Å². The SMILES string of the molecule is CCCCCc1c(Cl)nnc(Cl)c1C=O. The molecule has 1 aromatic heterocycles. The highest BCUT2D eigenvalue weighted by Gasteiger charge is 2.12. The maximum absolute atomic E-state index is 10.8. The summed E-state index contributed by atoms with van der Waals surface area (Å²) in [6, 6.07) is 0. The third kappa shape index (κ3) is 3.14. The molecule has 0 fully saturated rings. The second kappa shape index (κ2) is 6.03. The minimum Gasteiger partial charge on any atom is -0.298 e. The van der Waals surface area contributed by atoms with E-state index in [1.54, 1.807) is 0 Å². The van der Waals surface area contributed by atoms with Crippen LogP contribution < -0.4 is 0 Å². The van der Waals surface area contributed by atoms with E-state index >= 15 is 0 Å². The van der Waals surface area contributed by atoms with Gasteiger partial charge in [-0.1, -0.05) is 43.0 Å². The van der Waals surface area contributed by atoms with E-state index < -0.39 is 0 Å². The first-order chi connectivity index (χ1) is 7.20. The summed E-state index contributed by atoms with van der Waals surface area (Å²) < 4.78 is 0. The Balaban J connectivity index is 2.92. The molecule has 0 bridgehead atoms. The molecule has 82 valence electrons. The van der Waals surface area contributed by atoms with Gasteiger partial charge < -0.3 is 0 Å². The molecule has 0 N–H and O–H groups in total. The van der Waals surface area contributed by atoms with E-state index in [1.807, 2.05) is 0 Å². The molecular weight excluding hydrogens is 235 g/mol. The van der Waals surface area contributed by atoms with Crippen LogP contribution >= 0.6 is 23.2 Å². The van der Waals surface area contributed by atoms with Gasteiger partial charge in [0.25, 0.3) is 0 Å². The first kappa shape index (κ1) is 12.4. The number of halogens is 2. The molecule has 0 saturated heterocycles. The summed E-state index contributed by atoms with van der Waals surface area (Å²) in [7, 11) is 0. The Morgan fingerprint density at radius 3 is 2.47 bits per heavy atom. The number of rotatable bonds is 5. The molecule has 0 atom stereocenters. The van der Waals surface area contributed by atoms with Gasteiger partial charge in [0.1, 0.15) is 0 Å². The molecule has 3 nitrogen and oxygen atoms in total. The van der Waals surface area contributed by atoms with Crippen molar-refractivity contribution in [1.82, 2.24) is 10.2 Å². The van der Waals surface area contributed by atoms with Crippen LogP contribution in [-0.4, -0.2) is 16.5 Å². The van der Waals surface area contributed by atoms with Gasteiger partial charge in [-0.25, -0.2) is 0 Å². The Labute approximate surface area is 98.8 Å². The van der Waals surface area contributed by atoms with E-state index in [0.717, 1.165) is 25.7 Å². The molecule has 5 heteroatoms. The van der Waals surface area contributed by atoms with Gasteiger partial charge in [0, 0.05) is 5.56 Å². The molecule has 1 heterocycles. The van der Waals surface area contributed by atoms with Crippen molar-refractivity contribution >= 4 is 29.5 Å². The second-order valence-corrected chi connectivity index (χ2v) is 3.96. The average molecular weight is 247 g/mol. The maximum Gasteiger partial charge on any atom is 0.162 e. The Morgan fingerprint density at radius 1 is 1.20 bits per heavy atom. The van der Waals surface area contributed by atoms with Crippen LogP contribution in [0.25, 0.3) is 0 Å². The lowest BCUT2D eigenvalue weighted by molar-refractivity contribution is 0.112. The summed E-state index contributed by atoms with van der Waals surface area (Å²) in [5, 5.41) is 7.68. The zero-order chi connectivity index (χ0) is 11.3. The van der Waals surface area contributed by atoms with Gasteiger partial charge in [-0.15, -0.1) is 10.2 Å². The van der Waals surface area contributed by atoms with Crippen LogP contribution in [0.2, 0.25) is 10.3 Å². The van der Waals surface area contributed by atoms with Crippen molar-refractivity contribution in [3.8, 4) is 0 Å². The molecule has 15 heavy (non-hydrogen) atoms. The summed E-state index contributed by atoms with van der Waals surface area (Å²) in [6.07, 6.45) is 4.58. The Hall–Kier alpha value is -0.670. The second-order valence-electron chi connectivity index (χ2n) is 3.25. The van der Waals surface area contributed by atoms with Crippen LogP contribution in [-0.2, 0) is 6.42 Å². The van der Waals surface area contributed by atoms with Crippen molar-refractivity contribution in [2.45, 2.75) is 32.6 Å². The van der Waals surface area contributed by atoms with Crippen LogP contribution in [0.1, 0.15) is 42.1 Å². The van der Waals surface area contributed by atoms with Crippen LogP contribution in [0.5, 0.6) is 0 Å². The lowest BCUT2D eigenvalue weighted by Gasteiger charge is -2.06. The maximum atomic E-state index is 10.8. The number of hydrogen-bond acceptors (Lipinski definition) is 3. The van der Waals surface area contributed by atoms with Gasteiger partial charge >= 0.3 is 0 Å². The number of hydrogen-bond donors (Lipinski definition) is 0. The minimum atomic E-state index is 0.126. The highest BCUT2D eigenvalue weighted by Crippen LogP contribution is 2.23. The molecule has 0 aliphatic carbocycles.